The Kier molecular flexibility index (Phi) is 33.1. The van der Waals surface area contributed by atoms with Gasteiger partial charge < -0.3 is 105 Å². The maximum absolute atomic E-state index is 13.6. The number of phenolic OH excluding ortho intramolecular Hbond substituents is 4. The highest BCUT2D eigenvalue weighted by Crippen LogP contribution is 2.45. The summed E-state index contributed by atoms with van der Waals surface area (Å²) in [5, 5.41) is 62.1. The number of anilines is 4. The molecule has 0 radical (unpaired) electrons. The summed E-state index contributed by atoms with van der Waals surface area (Å²) in [6.45, 7) is -0.670. The third-order valence-corrected chi connectivity index (χ3v) is 27.0. The normalized spacial score (nSPS) is 12.2. The van der Waals surface area contributed by atoms with Crippen molar-refractivity contribution in [1.82, 2.24) is 21.3 Å². The number of aromatic hydroxyl groups is 4. The van der Waals surface area contributed by atoms with Crippen LogP contribution in [0.4, 0.5) is 64.7 Å². The number of hydrogen-bond donors (Lipinski definition) is 12. The van der Waals surface area contributed by atoms with E-state index >= 15 is 0 Å². The maximum atomic E-state index is 13.6. The second kappa shape index (κ2) is 43.7. The largest absolute Gasteiger partial charge is 1.00 e. The van der Waals surface area contributed by atoms with Crippen LogP contribution in [0.25, 0.3) is 0 Å². The Morgan fingerprint density at radius 3 is 0.759 bits per heavy atom. The van der Waals surface area contributed by atoms with Gasteiger partial charge in [-0.1, -0.05) is 168 Å². The Balaban J connectivity index is 0.000000235. The molecule has 0 aliphatic heterocycles. The summed E-state index contributed by atoms with van der Waals surface area (Å²) in [4.78, 5) is 157. The first-order valence-electron chi connectivity index (χ1n) is 39.4. The topological polar surface area (TPSA) is 428 Å². The summed E-state index contributed by atoms with van der Waals surface area (Å²) in [5.74, 6) is -4.47. The van der Waals surface area contributed by atoms with Crippen LogP contribution in [0.2, 0.25) is 0 Å². The van der Waals surface area contributed by atoms with Crippen LogP contribution in [0.15, 0.2) is 230 Å². The van der Waals surface area contributed by atoms with Crippen LogP contribution in [0, 0.1) is 0 Å². The van der Waals surface area contributed by atoms with Crippen LogP contribution in [-0.4, -0.2) is 131 Å². The number of halogens is 10. The molecular weight excluding hydrogens is 2370 g/mol. The summed E-state index contributed by atoms with van der Waals surface area (Å²) >= 11 is 28.4. The van der Waals surface area contributed by atoms with Crippen molar-refractivity contribution in [3.63, 3.8) is 0 Å². The third-order valence-electron chi connectivity index (χ3n) is 21.4. The molecule has 0 saturated heterocycles. The fourth-order valence-electron chi connectivity index (χ4n) is 15.1. The molecule has 0 fully saturated rings. The van der Waals surface area contributed by atoms with E-state index < -0.39 is 59.1 Å². The number of nitrogens with two attached hydrogens (primary N) is 2. The van der Waals surface area contributed by atoms with Gasteiger partial charge >= 0.3 is 24.4 Å². The van der Waals surface area contributed by atoms with Crippen molar-refractivity contribution in [3.05, 3.63) is 341 Å². The number of alkyl carbamates (subject to hydrolysis) is 4. The van der Waals surface area contributed by atoms with E-state index in [0.29, 0.717) is 85.2 Å². The van der Waals surface area contributed by atoms with Gasteiger partial charge in [-0.25, -0.2) is 19.2 Å². The van der Waals surface area contributed by atoms with Crippen LogP contribution >= 0.6 is 127 Å². The van der Waals surface area contributed by atoms with Gasteiger partial charge in [-0.15, -0.1) is 0 Å². The third kappa shape index (κ3) is 21.5. The van der Waals surface area contributed by atoms with E-state index in [1.165, 1.54) is 36.4 Å². The zero-order valence-corrected chi connectivity index (χ0v) is 83.7. The van der Waals surface area contributed by atoms with Crippen molar-refractivity contribution in [3.8, 4) is 23.0 Å². The van der Waals surface area contributed by atoms with E-state index in [1.807, 2.05) is 24.3 Å². The number of ketones is 8. The minimum atomic E-state index is -0.792. The summed E-state index contributed by atoms with van der Waals surface area (Å²) in [6, 6.07) is 52.1. The van der Waals surface area contributed by atoms with Gasteiger partial charge in [-0.2, -0.15) is 0 Å². The van der Waals surface area contributed by atoms with Gasteiger partial charge in [0.2, 0.25) is 11.6 Å². The first kappa shape index (κ1) is 101. The SMILES string of the molecule is C.O=C(NCNC(=O)OCCc1cc(Nc2ccc(O)c3c2C(=O)c2ccccc2C3=O)c(Br)cc1Br)OCCc1cc(Nc2ccc(O)c3c2C(=O)c2ccccc2C3=O)c(Br)cc1Br.O=C(NCNC(=O)OCCc1cc([NH2+]c2ccc(O)c3c2C(=O)c2ccccc2C3=O)c(Br)cc1Br)OCCc1cc([NH2+]c2ccc(O)c3c2C(=O)c2ccccc2C3=O)c(Br)cc1Br.[Br-].[Br-]. The second-order valence-corrected chi connectivity index (χ2v) is 36.2. The van der Waals surface area contributed by atoms with Crippen molar-refractivity contribution in [1.29, 1.82) is 0 Å². The van der Waals surface area contributed by atoms with E-state index in [2.05, 4.69) is 159 Å². The molecule has 16 rings (SSSR count). The van der Waals surface area contributed by atoms with Crippen molar-refractivity contribution in [2.75, 3.05) is 50.4 Å². The number of nitrogens with one attached hydrogen (secondary N) is 6. The number of phenols is 4. The fraction of sp³-hybridized carbons (Fsp3) is 0.116. The first-order chi connectivity index (χ1) is 62.4. The number of ether oxygens (including phenoxy) is 4. The van der Waals surface area contributed by atoms with Crippen LogP contribution in [0.3, 0.4) is 0 Å². The number of carbonyl (C=O) groups is 12. The summed E-state index contributed by atoms with van der Waals surface area (Å²) < 4.78 is 26.8. The van der Waals surface area contributed by atoms with Crippen molar-refractivity contribution in [2.24, 2.45) is 0 Å². The molecule has 4 aliphatic carbocycles. The molecule has 0 heterocycles. The summed E-state index contributed by atoms with van der Waals surface area (Å²) in [7, 11) is 0. The quantitative estimate of drug-likeness (QED) is 0.0116. The molecule has 4 aliphatic rings. The van der Waals surface area contributed by atoms with Crippen LogP contribution < -0.4 is 76.5 Å². The molecule has 0 spiro atoms. The van der Waals surface area contributed by atoms with Gasteiger partial charge in [0.1, 0.15) is 45.7 Å². The molecular formula is C95H70Br10N8O20. The smallest absolute Gasteiger partial charge is 0.408 e. The highest BCUT2D eigenvalue weighted by molar-refractivity contribution is 9.12. The summed E-state index contributed by atoms with van der Waals surface area (Å²) in [5.41, 5.74) is 9.00. The number of hydrogen-bond acceptors (Lipinski definition) is 22. The Morgan fingerprint density at radius 2 is 0.489 bits per heavy atom. The zero-order valence-electron chi connectivity index (χ0n) is 67.8. The number of quaternary nitrogens is 2. The molecule has 0 unspecified atom stereocenters. The van der Waals surface area contributed by atoms with E-state index in [0.717, 1.165) is 31.2 Å². The Morgan fingerprint density at radius 1 is 0.263 bits per heavy atom. The predicted molar refractivity (Wildman–Crippen MR) is 511 cm³/mol. The summed E-state index contributed by atoms with van der Waals surface area (Å²) in [6.07, 6.45) is -2.00. The lowest BCUT2D eigenvalue weighted by Crippen LogP contribution is -3.00. The second-order valence-electron chi connectivity index (χ2n) is 29.3. The molecule has 0 atom stereocenters. The van der Waals surface area contributed by atoms with Crippen molar-refractivity contribution in [2.45, 2.75) is 33.1 Å². The monoisotopic (exact) mass is 2430 g/mol. The predicted octanol–water partition coefficient (Wildman–Crippen LogP) is 13.0. The average Bonchev–Trinajstić information content (AvgIpc) is 0.755. The van der Waals surface area contributed by atoms with Crippen molar-refractivity contribution < 1.29 is 142 Å². The number of benzene rings is 12. The number of carbonyl (C=O) groups excluding carboxylic acids is 12. The molecule has 0 aromatic heterocycles. The van der Waals surface area contributed by atoms with Crippen LogP contribution in [0.1, 0.15) is 157 Å². The van der Waals surface area contributed by atoms with Gasteiger partial charge in [0.15, 0.2) is 34.7 Å². The Labute approximate surface area is 845 Å². The molecule has 0 bridgehead atoms. The number of rotatable bonds is 24. The van der Waals surface area contributed by atoms with Gasteiger partial charge in [-0.3, -0.25) is 49.0 Å². The van der Waals surface area contributed by atoms with E-state index in [9.17, 15) is 78.0 Å². The number of fused-ring (bicyclic) bond motifs is 8. The lowest BCUT2D eigenvalue weighted by atomic mass is 9.82. The van der Waals surface area contributed by atoms with E-state index in [-0.39, 0.29) is 218 Å². The van der Waals surface area contributed by atoms with Crippen LogP contribution in [0.5, 0.6) is 23.0 Å². The lowest BCUT2D eigenvalue weighted by Gasteiger charge is -2.22. The van der Waals surface area contributed by atoms with E-state index in [1.54, 1.807) is 144 Å². The average molecular weight is 2440 g/mol. The molecule has 0 saturated carbocycles. The highest BCUT2D eigenvalue weighted by Gasteiger charge is 2.40. The standard InChI is InChI=1S/2C47H32Br4N4O10.CH4.2BrH/c2*48-28-19-30(50)34(54-32-9-11-36(56)40-38(32)42(58)24-5-1-3-7-26(24)44(40)60)17-22(28)13-15-64-46(62)52-21-53-47(63)65-16-14-23-18-35(31(51)20-29(23)49)55-33-10-12-37(57)41-39(33)43(59)25-6-2-4-8-27(25)45(41)61;;;/h2*1-12,17-20,54-57H,13-16,21H2,(H,52,62)(H,53,63);1H4;2*1H. The van der Waals surface area contributed by atoms with E-state index in [4.69, 9.17) is 18.9 Å². The molecule has 14 N–H and O–H groups in total. The molecule has 38 heteroatoms. The maximum Gasteiger partial charge on any atom is 0.408 e. The zero-order chi connectivity index (χ0) is 92.2. The molecule has 133 heavy (non-hydrogen) atoms. The van der Waals surface area contributed by atoms with Gasteiger partial charge in [0.05, 0.1) is 116 Å². The molecule has 28 nitrogen and oxygen atoms in total. The fourth-order valence-corrected chi connectivity index (χ4v) is 20.3. The Bertz CT molecular complexity index is 6070. The van der Waals surface area contributed by atoms with Gasteiger partial charge in [0, 0.05) is 121 Å². The minimum absolute atomic E-state index is 0. The molecule has 680 valence electrons. The minimum Gasteiger partial charge on any atom is -1.00 e. The van der Waals surface area contributed by atoms with Gasteiger partial charge in [-0.05, 0) is 159 Å². The highest BCUT2D eigenvalue weighted by atomic mass is 79.9. The first-order valence-corrected chi connectivity index (χ1v) is 45.7. The van der Waals surface area contributed by atoms with Gasteiger partial charge in [0.25, 0.3) is 0 Å². The van der Waals surface area contributed by atoms with Crippen molar-refractivity contribution >= 4 is 244 Å². The lowest BCUT2D eigenvalue weighted by molar-refractivity contribution is -0.480. The van der Waals surface area contributed by atoms with Crippen LogP contribution in [-0.2, 0) is 44.6 Å². The molecule has 12 aromatic carbocycles. The number of amides is 4. The molecule has 4 amide bonds. The molecule has 12 aromatic rings. The Hall–Kier alpha value is -11.4.